The zero-order valence-electron chi connectivity index (χ0n) is 8.70. The van der Waals surface area contributed by atoms with Crippen LogP contribution in [-0.2, 0) is 4.79 Å². The molecule has 0 aromatic heterocycles. The molecule has 1 aliphatic carbocycles. The standard InChI is InChI=1S/C13H11FO2/c14-9-4-5-12-8(6-9)7-10-11(15)2-1-3-13(10)16-12/h4-7,13H,1-3H2/t13-/m1/s1. The Labute approximate surface area is 92.7 Å². The molecule has 1 fully saturated rings. The van der Waals surface area contributed by atoms with Crippen molar-refractivity contribution in [3.63, 3.8) is 0 Å². The van der Waals surface area contributed by atoms with Crippen molar-refractivity contribution in [3.8, 4) is 5.75 Å². The number of hydrogen-bond acceptors (Lipinski definition) is 2. The smallest absolute Gasteiger partial charge is 0.162 e. The molecule has 1 atom stereocenters. The van der Waals surface area contributed by atoms with Crippen LogP contribution in [0.3, 0.4) is 0 Å². The minimum Gasteiger partial charge on any atom is -0.485 e. The quantitative estimate of drug-likeness (QED) is 0.669. The van der Waals surface area contributed by atoms with Crippen molar-refractivity contribution in [2.75, 3.05) is 0 Å². The lowest BCUT2D eigenvalue weighted by molar-refractivity contribution is -0.117. The van der Waals surface area contributed by atoms with Crippen LogP contribution in [0.4, 0.5) is 4.39 Å². The number of rotatable bonds is 0. The molecule has 0 spiro atoms. The highest BCUT2D eigenvalue weighted by molar-refractivity contribution is 6.02. The SMILES string of the molecule is O=C1CCC[C@H]2Oc3ccc(F)cc3C=C12. The van der Waals surface area contributed by atoms with Crippen LogP contribution in [0, 0.1) is 5.82 Å². The zero-order valence-corrected chi connectivity index (χ0v) is 8.70. The van der Waals surface area contributed by atoms with Gasteiger partial charge in [-0.3, -0.25) is 4.79 Å². The first-order valence-electron chi connectivity index (χ1n) is 5.45. The summed E-state index contributed by atoms with van der Waals surface area (Å²) in [7, 11) is 0. The summed E-state index contributed by atoms with van der Waals surface area (Å²) >= 11 is 0. The van der Waals surface area contributed by atoms with Gasteiger partial charge in [-0.15, -0.1) is 0 Å². The molecule has 0 amide bonds. The van der Waals surface area contributed by atoms with Gasteiger partial charge in [0, 0.05) is 17.6 Å². The lowest BCUT2D eigenvalue weighted by Crippen LogP contribution is -2.31. The van der Waals surface area contributed by atoms with Crippen molar-refractivity contribution >= 4 is 11.9 Å². The van der Waals surface area contributed by atoms with E-state index in [1.165, 1.54) is 12.1 Å². The van der Waals surface area contributed by atoms with Gasteiger partial charge >= 0.3 is 0 Å². The molecule has 3 rings (SSSR count). The molecule has 0 N–H and O–H groups in total. The predicted octanol–water partition coefficient (Wildman–Crippen LogP) is 2.72. The molecule has 0 unspecified atom stereocenters. The van der Waals surface area contributed by atoms with Gasteiger partial charge in [-0.05, 0) is 37.1 Å². The maximum atomic E-state index is 13.0. The van der Waals surface area contributed by atoms with Crippen LogP contribution in [0.2, 0.25) is 0 Å². The third kappa shape index (κ3) is 1.43. The monoisotopic (exact) mass is 218 g/mol. The fourth-order valence-electron chi connectivity index (χ4n) is 2.28. The third-order valence-electron chi connectivity index (χ3n) is 3.09. The van der Waals surface area contributed by atoms with Crippen LogP contribution in [0.15, 0.2) is 23.8 Å². The maximum absolute atomic E-state index is 13.0. The van der Waals surface area contributed by atoms with Crippen LogP contribution < -0.4 is 4.74 Å². The predicted molar refractivity (Wildman–Crippen MR) is 57.7 cm³/mol. The Morgan fingerprint density at radius 2 is 2.25 bits per heavy atom. The fourth-order valence-corrected chi connectivity index (χ4v) is 2.28. The average molecular weight is 218 g/mol. The number of benzene rings is 1. The van der Waals surface area contributed by atoms with Crippen molar-refractivity contribution in [3.05, 3.63) is 35.2 Å². The highest BCUT2D eigenvalue weighted by atomic mass is 19.1. The number of fused-ring (bicyclic) bond motifs is 2. The average Bonchev–Trinajstić information content (AvgIpc) is 2.28. The number of ether oxygens (including phenoxy) is 1. The van der Waals surface area contributed by atoms with Gasteiger partial charge in [-0.25, -0.2) is 4.39 Å². The normalized spacial score (nSPS) is 22.9. The molecule has 1 aromatic carbocycles. The van der Waals surface area contributed by atoms with Crippen LogP contribution >= 0.6 is 0 Å². The summed E-state index contributed by atoms with van der Waals surface area (Å²) in [6, 6.07) is 4.40. The second-order valence-electron chi connectivity index (χ2n) is 4.20. The molecular weight excluding hydrogens is 207 g/mol. The van der Waals surface area contributed by atoms with Gasteiger partial charge in [0.15, 0.2) is 5.78 Å². The first-order valence-corrected chi connectivity index (χ1v) is 5.45. The minimum atomic E-state index is -0.305. The molecule has 1 aromatic rings. The Morgan fingerprint density at radius 1 is 1.38 bits per heavy atom. The van der Waals surface area contributed by atoms with Gasteiger partial charge in [-0.1, -0.05) is 0 Å². The van der Waals surface area contributed by atoms with E-state index in [9.17, 15) is 9.18 Å². The lowest BCUT2D eigenvalue weighted by Gasteiger charge is -2.29. The van der Waals surface area contributed by atoms with Crippen molar-refractivity contribution in [1.82, 2.24) is 0 Å². The van der Waals surface area contributed by atoms with E-state index >= 15 is 0 Å². The Hall–Kier alpha value is -1.64. The Kier molecular flexibility index (Phi) is 2.06. The van der Waals surface area contributed by atoms with Gasteiger partial charge < -0.3 is 4.74 Å². The first-order chi connectivity index (χ1) is 7.74. The van der Waals surface area contributed by atoms with E-state index in [4.69, 9.17) is 4.74 Å². The number of ketones is 1. The van der Waals surface area contributed by atoms with Crippen molar-refractivity contribution in [1.29, 1.82) is 0 Å². The number of halogens is 1. The number of carbonyl (C=O) groups is 1. The molecule has 1 aliphatic heterocycles. The highest BCUT2D eigenvalue weighted by Gasteiger charge is 2.30. The van der Waals surface area contributed by atoms with Gasteiger partial charge in [0.25, 0.3) is 0 Å². The lowest BCUT2D eigenvalue weighted by atomic mass is 9.87. The van der Waals surface area contributed by atoms with Gasteiger partial charge in [-0.2, -0.15) is 0 Å². The molecule has 0 saturated heterocycles. The van der Waals surface area contributed by atoms with E-state index in [0.717, 1.165) is 12.8 Å². The minimum absolute atomic E-state index is 0.126. The molecular formula is C13H11FO2. The van der Waals surface area contributed by atoms with Crippen molar-refractivity contribution in [2.24, 2.45) is 0 Å². The summed E-state index contributed by atoms with van der Waals surface area (Å²) in [5, 5.41) is 0. The molecule has 16 heavy (non-hydrogen) atoms. The Morgan fingerprint density at radius 3 is 3.12 bits per heavy atom. The van der Waals surface area contributed by atoms with Crippen molar-refractivity contribution < 1.29 is 13.9 Å². The van der Waals surface area contributed by atoms with E-state index < -0.39 is 0 Å². The third-order valence-corrected chi connectivity index (χ3v) is 3.09. The summed E-state index contributed by atoms with van der Waals surface area (Å²) in [6.07, 6.45) is 3.97. The van der Waals surface area contributed by atoms with Crippen LogP contribution in [-0.4, -0.2) is 11.9 Å². The summed E-state index contributed by atoms with van der Waals surface area (Å²) in [6.45, 7) is 0. The van der Waals surface area contributed by atoms with E-state index in [1.54, 1.807) is 12.1 Å². The molecule has 0 radical (unpaired) electrons. The van der Waals surface area contributed by atoms with Gasteiger partial charge in [0.1, 0.15) is 17.7 Å². The second-order valence-corrected chi connectivity index (χ2v) is 4.20. The molecule has 2 aliphatic rings. The number of hydrogen-bond donors (Lipinski definition) is 0. The van der Waals surface area contributed by atoms with Crippen molar-refractivity contribution in [2.45, 2.75) is 25.4 Å². The van der Waals surface area contributed by atoms with Crippen LogP contribution in [0.25, 0.3) is 6.08 Å². The second kappa shape index (κ2) is 3.44. The van der Waals surface area contributed by atoms with Crippen LogP contribution in [0.1, 0.15) is 24.8 Å². The Balaban J connectivity index is 2.09. The Bertz CT molecular complexity index is 491. The zero-order chi connectivity index (χ0) is 11.1. The largest absolute Gasteiger partial charge is 0.485 e. The topological polar surface area (TPSA) is 26.3 Å². The molecule has 3 heteroatoms. The molecule has 1 heterocycles. The van der Waals surface area contributed by atoms with Gasteiger partial charge in [0.05, 0.1) is 0 Å². The molecule has 1 saturated carbocycles. The fraction of sp³-hybridized carbons (Fsp3) is 0.308. The van der Waals surface area contributed by atoms with Gasteiger partial charge in [0.2, 0.25) is 0 Å². The summed E-state index contributed by atoms with van der Waals surface area (Å²) in [5.74, 6) is 0.497. The maximum Gasteiger partial charge on any atom is 0.162 e. The summed E-state index contributed by atoms with van der Waals surface area (Å²) < 4.78 is 18.8. The van der Waals surface area contributed by atoms with Crippen LogP contribution in [0.5, 0.6) is 5.75 Å². The first kappa shape index (κ1) is 9.58. The molecule has 0 bridgehead atoms. The molecule has 2 nitrogen and oxygen atoms in total. The highest BCUT2D eigenvalue weighted by Crippen LogP contribution is 2.35. The summed E-state index contributed by atoms with van der Waals surface area (Å²) in [4.78, 5) is 11.7. The number of Topliss-reactive ketones (excluding diaryl/α,β-unsaturated/α-hetero) is 1. The summed E-state index contributed by atoms with van der Waals surface area (Å²) in [5.41, 5.74) is 1.37. The molecule has 82 valence electrons. The van der Waals surface area contributed by atoms with E-state index in [1.807, 2.05) is 0 Å². The van der Waals surface area contributed by atoms with E-state index in [0.29, 0.717) is 23.3 Å². The van der Waals surface area contributed by atoms with E-state index in [-0.39, 0.29) is 17.7 Å². The number of carbonyl (C=O) groups excluding carboxylic acids is 1. The van der Waals surface area contributed by atoms with E-state index in [2.05, 4.69) is 0 Å².